The Labute approximate surface area is 115 Å². The highest BCUT2D eigenvalue weighted by Gasteiger charge is 2.16. The van der Waals surface area contributed by atoms with Crippen LogP contribution in [-0.4, -0.2) is 22.8 Å². The van der Waals surface area contributed by atoms with Crippen LogP contribution in [0, 0.1) is 0 Å². The second-order valence-corrected chi connectivity index (χ2v) is 5.07. The summed E-state index contributed by atoms with van der Waals surface area (Å²) >= 11 is 1.29. The molecule has 0 aliphatic carbocycles. The van der Waals surface area contributed by atoms with Crippen molar-refractivity contribution >= 4 is 28.0 Å². The molecule has 2 aromatic heterocycles. The molecule has 1 unspecified atom stereocenters. The van der Waals surface area contributed by atoms with Crippen molar-refractivity contribution in [1.82, 2.24) is 10.2 Å². The summed E-state index contributed by atoms with van der Waals surface area (Å²) in [6.07, 6.45) is 3.57. The first-order chi connectivity index (χ1) is 9.11. The zero-order valence-corrected chi connectivity index (χ0v) is 11.6. The summed E-state index contributed by atoms with van der Waals surface area (Å²) in [7, 11) is 0. The van der Waals surface area contributed by atoms with Crippen molar-refractivity contribution < 1.29 is 9.53 Å². The third kappa shape index (κ3) is 3.05. The van der Waals surface area contributed by atoms with Gasteiger partial charge in [-0.2, -0.15) is 5.10 Å². The van der Waals surface area contributed by atoms with E-state index in [1.807, 2.05) is 13.1 Å². The average molecular weight is 280 g/mol. The molecule has 4 N–H and O–H groups in total. The zero-order chi connectivity index (χ0) is 13.8. The maximum absolute atomic E-state index is 11.7. The fourth-order valence-electron chi connectivity index (χ4n) is 1.63. The first kappa shape index (κ1) is 13.4. The number of hydrogen-bond donors (Lipinski definition) is 3. The van der Waals surface area contributed by atoms with E-state index in [9.17, 15) is 4.79 Å². The number of ether oxygens (including phenoxy) is 1. The molecule has 102 valence electrons. The van der Waals surface area contributed by atoms with Crippen LogP contribution in [0.1, 0.15) is 35.1 Å². The molecule has 0 aliphatic rings. The number of thiophene rings is 1. The largest absolute Gasteiger partial charge is 0.462 e. The third-order valence-corrected chi connectivity index (χ3v) is 3.66. The highest BCUT2D eigenvalue weighted by Crippen LogP contribution is 2.32. The molecule has 1 atom stereocenters. The van der Waals surface area contributed by atoms with E-state index in [0.29, 0.717) is 17.2 Å². The van der Waals surface area contributed by atoms with Gasteiger partial charge in [0.1, 0.15) is 4.88 Å². The van der Waals surface area contributed by atoms with Gasteiger partial charge in [0, 0.05) is 11.8 Å². The molecule has 0 radical (unpaired) electrons. The number of carbonyl (C=O) groups excluding carboxylic acids is 1. The SMILES string of the molecule is CCOC(=O)c1sc(NC(C)c2cn[nH]c2)cc1N. The molecular weight excluding hydrogens is 264 g/mol. The number of anilines is 2. The number of nitrogens with zero attached hydrogens (tertiary/aromatic N) is 1. The van der Waals surface area contributed by atoms with Gasteiger partial charge in [0.05, 0.1) is 29.5 Å². The van der Waals surface area contributed by atoms with Crippen LogP contribution in [0.3, 0.4) is 0 Å². The lowest BCUT2D eigenvalue weighted by Crippen LogP contribution is -2.04. The molecule has 0 aliphatic heterocycles. The fourth-order valence-corrected chi connectivity index (χ4v) is 2.59. The maximum Gasteiger partial charge on any atom is 0.350 e. The van der Waals surface area contributed by atoms with Gasteiger partial charge < -0.3 is 15.8 Å². The van der Waals surface area contributed by atoms with Gasteiger partial charge in [-0.3, -0.25) is 5.10 Å². The Bertz CT molecular complexity index is 550. The molecule has 0 saturated heterocycles. The number of nitrogens with one attached hydrogen (secondary N) is 2. The fraction of sp³-hybridized carbons (Fsp3) is 0.333. The van der Waals surface area contributed by atoms with Crippen LogP contribution in [0.15, 0.2) is 18.5 Å². The Balaban J connectivity index is 2.10. The van der Waals surface area contributed by atoms with Crippen LogP contribution < -0.4 is 11.1 Å². The Morgan fingerprint density at radius 1 is 1.68 bits per heavy atom. The lowest BCUT2D eigenvalue weighted by Gasteiger charge is -2.10. The summed E-state index contributed by atoms with van der Waals surface area (Å²) in [6, 6.07) is 1.82. The smallest absolute Gasteiger partial charge is 0.350 e. The molecule has 19 heavy (non-hydrogen) atoms. The molecule has 0 fully saturated rings. The average Bonchev–Trinajstić information content (AvgIpc) is 2.99. The second-order valence-electron chi connectivity index (χ2n) is 4.01. The van der Waals surface area contributed by atoms with E-state index in [1.54, 1.807) is 19.2 Å². The van der Waals surface area contributed by atoms with E-state index in [-0.39, 0.29) is 12.0 Å². The summed E-state index contributed by atoms with van der Waals surface area (Å²) in [6.45, 7) is 4.11. The predicted octanol–water partition coefficient (Wildman–Crippen LogP) is 2.40. The summed E-state index contributed by atoms with van der Waals surface area (Å²) < 4.78 is 4.95. The standard InChI is InChI=1S/C12H16N4O2S/c1-3-18-12(17)11-9(13)4-10(19-11)16-7(2)8-5-14-15-6-8/h4-7,16H,3,13H2,1-2H3,(H,14,15). The van der Waals surface area contributed by atoms with Crippen LogP contribution >= 0.6 is 11.3 Å². The number of nitrogens with two attached hydrogens (primary N) is 1. The minimum atomic E-state index is -0.381. The normalized spacial score (nSPS) is 12.1. The lowest BCUT2D eigenvalue weighted by atomic mass is 10.2. The molecule has 2 heterocycles. The quantitative estimate of drug-likeness (QED) is 0.731. The van der Waals surface area contributed by atoms with Gasteiger partial charge in [0.2, 0.25) is 0 Å². The third-order valence-electron chi connectivity index (χ3n) is 2.60. The number of esters is 1. The van der Waals surface area contributed by atoms with Crippen LogP contribution in [0.4, 0.5) is 10.7 Å². The number of H-pyrrole nitrogens is 1. The van der Waals surface area contributed by atoms with Crippen molar-refractivity contribution in [2.75, 3.05) is 17.7 Å². The zero-order valence-electron chi connectivity index (χ0n) is 10.8. The Kier molecular flexibility index (Phi) is 4.06. The molecular formula is C12H16N4O2S. The van der Waals surface area contributed by atoms with Gasteiger partial charge in [-0.05, 0) is 19.9 Å². The summed E-state index contributed by atoms with van der Waals surface area (Å²) in [5, 5.41) is 10.8. The highest BCUT2D eigenvalue weighted by molar-refractivity contribution is 7.18. The molecule has 0 bridgehead atoms. The monoisotopic (exact) mass is 280 g/mol. The Morgan fingerprint density at radius 3 is 3.11 bits per heavy atom. The molecule has 0 amide bonds. The number of aromatic amines is 1. The molecule has 6 nitrogen and oxygen atoms in total. The van der Waals surface area contributed by atoms with E-state index in [0.717, 1.165) is 10.6 Å². The van der Waals surface area contributed by atoms with Gasteiger partial charge in [0.15, 0.2) is 0 Å². The van der Waals surface area contributed by atoms with Gasteiger partial charge in [-0.1, -0.05) is 0 Å². The van der Waals surface area contributed by atoms with Crippen molar-refractivity contribution in [2.45, 2.75) is 19.9 Å². The molecule has 7 heteroatoms. The van der Waals surface area contributed by atoms with E-state index >= 15 is 0 Å². The van der Waals surface area contributed by atoms with Crippen LogP contribution in [0.2, 0.25) is 0 Å². The summed E-state index contributed by atoms with van der Waals surface area (Å²) in [4.78, 5) is 12.1. The summed E-state index contributed by atoms with van der Waals surface area (Å²) in [5.74, 6) is -0.381. The summed E-state index contributed by atoms with van der Waals surface area (Å²) in [5.41, 5.74) is 7.29. The molecule has 0 saturated carbocycles. The second kappa shape index (κ2) is 5.75. The van der Waals surface area contributed by atoms with E-state index in [4.69, 9.17) is 10.5 Å². The molecule has 0 spiro atoms. The lowest BCUT2D eigenvalue weighted by molar-refractivity contribution is 0.0533. The van der Waals surface area contributed by atoms with Gasteiger partial charge >= 0.3 is 5.97 Å². The number of aromatic nitrogens is 2. The minimum absolute atomic E-state index is 0.0758. The first-order valence-corrected chi connectivity index (χ1v) is 6.75. The highest BCUT2D eigenvalue weighted by atomic mass is 32.1. The van der Waals surface area contributed by atoms with Crippen LogP contribution in [-0.2, 0) is 4.74 Å². The number of carbonyl (C=O) groups is 1. The molecule has 0 aromatic carbocycles. The van der Waals surface area contributed by atoms with E-state index in [2.05, 4.69) is 15.5 Å². The van der Waals surface area contributed by atoms with Gasteiger partial charge in [-0.15, -0.1) is 11.3 Å². The Hall–Kier alpha value is -2.02. The van der Waals surface area contributed by atoms with E-state index < -0.39 is 0 Å². The Morgan fingerprint density at radius 2 is 2.47 bits per heavy atom. The maximum atomic E-state index is 11.7. The van der Waals surface area contributed by atoms with Crippen LogP contribution in [0.25, 0.3) is 0 Å². The van der Waals surface area contributed by atoms with Crippen molar-refractivity contribution in [3.63, 3.8) is 0 Å². The van der Waals surface area contributed by atoms with Crippen molar-refractivity contribution in [3.8, 4) is 0 Å². The molecule has 2 rings (SSSR count). The van der Waals surface area contributed by atoms with Gasteiger partial charge in [0.25, 0.3) is 0 Å². The van der Waals surface area contributed by atoms with Crippen LogP contribution in [0.5, 0.6) is 0 Å². The number of rotatable bonds is 5. The van der Waals surface area contributed by atoms with Crippen molar-refractivity contribution in [3.05, 3.63) is 28.9 Å². The molecule has 2 aromatic rings. The number of nitrogen functional groups attached to an aromatic ring is 1. The van der Waals surface area contributed by atoms with Crippen molar-refractivity contribution in [2.24, 2.45) is 0 Å². The van der Waals surface area contributed by atoms with Crippen molar-refractivity contribution in [1.29, 1.82) is 0 Å². The van der Waals surface area contributed by atoms with E-state index in [1.165, 1.54) is 11.3 Å². The number of hydrogen-bond acceptors (Lipinski definition) is 6. The predicted molar refractivity (Wildman–Crippen MR) is 75.3 cm³/mol. The topological polar surface area (TPSA) is 93.0 Å². The van der Waals surface area contributed by atoms with Gasteiger partial charge in [-0.25, -0.2) is 4.79 Å². The first-order valence-electron chi connectivity index (χ1n) is 5.93. The minimum Gasteiger partial charge on any atom is -0.462 e.